The Hall–Kier alpha value is -2.28. The molecule has 1 aliphatic rings. The first-order valence-electron chi connectivity index (χ1n) is 8.84. The minimum atomic E-state index is -0.850. The topological polar surface area (TPSA) is 82.9 Å². The van der Waals surface area contributed by atoms with Crippen LogP contribution >= 0.6 is 0 Å². The lowest BCUT2D eigenvalue weighted by molar-refractivity contribution is -0.145. The van der Waals surface area contributed by atoms with Crippen molar-refractivity contribution in [2.24, 2.45) is 0 Å². The zero-order valence-corrected chi connectivity index (χ0v) is 14.6. The van der Waals surface area contributed by atoms with Gasteiger partial charge in [0.15, 0.2) is 0 Å². The minimum Gasteiger partial charge on any atom is -0.480 e. The van der Waals surface area contributed by atoms with E-state index in [1.165, 1.54) is 0 Å². The molecule has 1 aliphatic heterocycles. The number of piperidine rings is 1. The van der Waals surface area contributed by atoms with Crippen molar-refractivity contribution < 1.29 is 19.7 Å². The van der Waals surface area contributed by atoms with Gasteiger partial charge in [-0.25, -0.2) is 0 Å². The van der Waals surface area contributed by atoms with E-state index in [4.69, 9.17) is 9.84 Å². The van der Waals surface area contributed by atoms with Gasteiger partial charge in [-0.05, 0) is 35.6 Å². The Kier molecular flexibility index (Phi) is 6.33. The Morgan fingerprint density at radius 1 is 1.19 bits per heavy atom. The maximum Gasteiger partial charge on any atom is 0.325 e. The van der Waals surface area contributed by atoms with Crippen molar-refractivity contribution in [3.63, 3.8) is 0 Å². The second-order valence-electron chi connectivity index (χ2n) is 6.55. The fourth-order valence-corrected chi connectivity index (χ4v) is 3.31. The lowest BCUT2D eigenvalue weighted by Gasteiger charge is -2.35. The number of aliphatic hydroxyl groups is 1. The van der Waals surface area contributed by atoms with Crippen molar-refractivity contribution in [2.45, 2.75) is 38.2 Å². The summed E-state index contributed by atoms with van der Waals surface area (Å²) in [4.78, 5) is 17.9. The number of aromatic nitrogens is 1. The fraction of sp³-hybridized carbons (Fsp3) is 0.400. The molecule has 1 unspecified atom stereocenters. The molecule has 0 radical (unpaired) electrons. The highest BCUT2D eigenvalue weighted by molar-refractivity contribution is 5.75. The summed E-state index contributed by atoms with van der Waals surface area (Å²) in [5, 5.41) is 18.8. The van der Waals surface area contributed by atoms with Crippen LogP contribution in [-0.4, -0.2) is 45.3 Å². The van der Waals surface area contributed by atoms with Gasteiger partial charge in [0.05, 0.1) is 19.3 Å². The van der Waals surface area contributed by atoms with E-state index in [1.54, 1.807) is 36.7 Å². The number of benzene rings is 1. The molecule has 1 aromatic heterocycles. The third kappa shape index (κ3) is 4.66. The molecule has 138 valence electrons. The smallest absolute Gasteiger partial charge is 0.325 e. The molecule has 26 heavy (non-hydrogen) atoms. The van der Waals surface area contributed by atoms with Gasteiger partial charge in [0, 0.05) is 25.5 Å². The zero-order valence-electron chi connectivity index (χ0n) is 14.6. The van der Waals surface area contributed by atoms with E-state index in [9.17, 15) is 9.90 Å². The average molecular weight is 356 g/mol. The second kappa shape index (κ2) is 8.89. The first-order valence-corrected chi connectivity index (χ1v) is 8.84. The maximum absolute atomic E-state index is 11.8. The lowest BCUT2D eigenvalue weighted by Crippen LogP contribution is -2.42. The number of likely N-dealkylation sites (tertiary alicyclic amines) is 1. The van der Waals surface area contributed by atoms with Gasteiger partial charge >= 0.3 is 5.97 Å². The van der Waals surface area contributed by atoms with Crippen LogP contribution in [0.25, 0.3) is 0 Å². The van der Waals surface area contributed by atoms with Gasteiger partial charge in [0.2, 0.25) is 0 Å². The van der Waals surface area contributed by atoms with E-state index in [-0.39, 0.29) is 12.7 Å². The van der Waals surface area contributed by atoms with E-state index >= 15 is 0 Å². The summed E-state index contributed by atoms with van der Waals surface area (Å²) in [7, 11) is 0. The second-order valence-corrected chi connectivity index (χ2v) is 6.55. The average Bonchev–Trinajstić information content (AvgIpc) is 2.68. The molecule has 0 saturated carbocycles. The molecular formula is C20H24N2O4. The molecule has 0 aliphatic carbocycles. The predicted molar refractivity (Wildman–Crippen MR) is 96.4 cm³/mol. The Morgan fingerprint density at radius 2 is 1.92 bits per heavy atom. The van der Waals surface area contributed by atoms with Gasteiger partial charge in [0.1, 0.15) is 6.04 Å². The number of carboxylic acids is 1. The third-order valence-corrected chi connectivity index (χ3v) is 4.76. The van der Waals surface area contributed by atoms with Crippen LogP contribution in [0.4, 0.5) is 0 Å². The number of pyridine rings is 1. The Bertz CT molecular complexity index is 698. The highest BCUT2D eigenvalue weighted by Crippen LogP contribution is 2.26. The van der Waals surface area contributed by atoms with Gasteiger partial charge in [-0.15, -0.1) is 0 Å². The molecule has 1 fully saturated rings. The zero-order chi connectivity index (χ0) is 18.4. The maximum atomic E-state index is 11.8. The minimum absolute atomic E-state index is 0.0440. The quantitative estimate of drug-likeness (QED) is 0.793. The summed E-state index contributed by atoms with van der Waals surface area (Å²) in [5.74, 6) is -0.850. The predicted octanol–water partition coefficient (Wildman–Crippen LogP) is 2.38. The van der Waals surface area contributed by atoms with Gasteiger partial charge < -0.3 is 14.9 Å². The molecule has 1 aromatic carbocycles. The van der Waals surface area contributed by atoms with Crippen LogP contribution in [-0.2, 0) is 22.7 Å². The number of hydrogen-bond donors (Lipinski definition) is 2. The number of carboxylic acid groups (broad SMARTS) is 1. The molecule has 2 aromatic rings. The molecule has 6 heteroatoms. The highest BCUT2D eigenvalue weighted by atomic mass is 16.5. The van der Waals surface area contributed by atoms with Crippen molar-refractivity contribution in [1.29, 1.82) is 0 Å². The fourth-order valence-electron chi connectivity index (χ4n) is 3.31. The van der Waals surface area contributed by atoms with Gasteiger partial charge in [-0.3, -0.25) is 14.7 Å². The first kappa shape index (κ1) is 18.5. The molecule has 3 rings (SSSR count). The highest BCUT2D eigenvalue weighted by Gasteiger charge is 2.31. The van der Waals surface area contributed by atoms with E-state index in [1.807, 2.05) is 17.0 Å². The Labute approximate surface area is 153 Å². The molecule has 1 saturated heterocycles. The van der Waals surface area contributed by atoms with E-state index in [0.29, 0.717) is 19.7 Å². The molecule has 0 amide bonds. The van der Waals surface area contributed by atoms with E-state index in [2.05, 4.69) is 4.98 Å². The van der Waals surface area contributed by atoms with Crippen molar-refractivity contribution in [3.05, 3.63) is 65.5 Å². The summed E-state index contributed by atoms with van der Waals surface area (Å²) in [6.45, 7) is 1.84. The summed E-state index contributed by atoms with van der Waals surface area (Å²) >= 11 is 0. The lowest BCUT2D eigenvalue weighted by atomic mass is 9.99. The number of hydrogen-bond acceptors (Lipinski definition) is 5. The van der Waals surface area contributed by atoms with Crippen molar-refractivity contribution >= 4 is 5.97 Å². The summed E-state index contributed by atoms with van der Waals surface area (Å²) in [5.41, 5.74) is 2.56. The van der Waals surface area contributed by atoms with Gasteiger partial charge in [0.25, 0.3) is 0 Å². The van der Waals surface area contributed by atoms with Crippen molar-refractivity contribution in [3.8, 4) is 0 Å². The summed E-state index contributed by atoms with van der Waals surface area (Å²) in [6, 6.07) is 10.3. The number of rotatable bonds is 7. The standard InChI is InChI=1S/C20H24N2O4/c23-13-15-3-5-17(6-4-15)19(20(24)25)22-10-7-18(8-11-22)26-14-16-2-1-9-21-12-16/h1-6,9,12,18-19,23H,7-8,10-11,13-14H2,(H,24,25). The van der Waals surface area contributed by atoms with Crippen molar-refractivity contribution in [1.82, 2.24) is 9.88 Å². The van der Waals surface area contributed by atoms with Crippen LogP contribution in [0.15, 0.2) is 48.8 Å². The molecule has 1 atom stereocenters. The number of nitrogens with zero attached hydrogens (tertiary/aromatic N) is 2. The van der Waals surface area contributed by atoms with E-state index < -0.39 is 12.0 Å². The number of carbonyl (C=O) groups is 1. The molecular weight excluding hydrogens is 332 g/mol. The van der Waals surface area contributed by atoms with E-state index in [0.717, 1.165) is 29.5 Å². The first-order chi connectivity index (χ1) is 12.7. The van der Waals surface area contributed by atoms with Gasteiger partial charge in [-0.1, -0.05) is 30.3 Å². The van der Waals surface area contributed by atoms with Crippen LogP contribution in [0.1, 0.15) is 35.6 Å². The normalized spacial score (nSPS) is 17.1. The Morgan fingerprint density at radius 3 is 2.50 bits per heavy atom. The number of aliphatic hydroxyl groups excluding tert-OH is 1. The molecule has 2 N–H and O–H groups in total. The summed E-state index contributed by atoms with van der Waals surface area (Å²) < 4.78 is 5.95. The molecule has 6 nitrogen and oxygen atoms in total. The number of aliphatic carboxylic acids is 1. The third-order valence-electron chi connectivity index (χ3n) is 4.76. The largest absolute Gasteiger partial charge is 0.480 e. The molecule has 2 heterocycles. The van der Waals surface area contributed by atoms with Crippen LogP contribution in [0, 0.1) is 0 Å². The van der Waals surface area contributed by atoms with Crippen LogP contribution in [0.5, 0.6) is 0 Å². The molecule has 0 spiro atoms. The van der Waals surface area contributed by atoms with Gasteiger partial charge in [-0.2, -0.15) is 0 Å². The number of ether oxygens (including phenoxy) is 1. The van der Waals surface area contributed by atoms with Crippen molar-refractivity contribution in [2.75, 3.05) is 13.1 Å². The SMILES string of the molecule is O=C(O)C(c1ccc(CO)cc1)N1CCC(OCc2cccnc2)CC1. The monoisotopic (exact) mass is 356 g/mol. The van der Waals surface area contributed by atoms with Crippen LogP contribution in [0.2, 0.25) is 0 Å². The Balaban J connectivity index is 1.56. The summed E-state index contributed by atoms with van der Waals surface area (Å²) in [6.07, 6.45) is 5.28. The van der Waals surface area contributed by atoms with Crippen LogP contribution in [0.3, 0.4) is 0 Å². The molecule has 0 bridgehead atoms. The van der Waals surface area contributed by atoms with Crippen LogP contribution < -0.4 is 0 Å².